The zero-order valence-corrected chi connectivity index (χ0v) is 32.6. The van der Waals surface area contributed by atoms with Crippen LogP contribution in [0.4, 0.5) is 11.4 Å². The molecule has 0 aromatic heterocycles. The van der Waals surface area contributed by atoms with Crippen LogP contribution in [-0.2, 0) is 5.41 Å². The van der Waals surface area contributed by atoms with Gasteiger partial charge in [0.05, 0.1) is 0 Å². The molecule has 0 saturated heterocycles. The minimum Gasteiger partial charge on any atom is -0.490 e. The number of halogens is 2. The van der Waals surface area contributed by atoms with Gasteiger partial charge in [0.25, 0.3) is 0 Å². The average molecular weight is 851 g/mol. The van der Waals surface area contributed by atoms with Crippen LogP contribution in [0.3, 0.4) is 0 Å². The molecule has 2 unspecified atom stereocenters. The van der Waals surface area contributed by atoms with Gasteiger partial charge in [-0.1, -0.05) is 38.1 Å². The molecule has 0 aliphatic rings. The quantitative estimate of drug-likeness (QED) is 0.111. The van der Waals surface area contributed by atoms with E-state index in [9.17, 15) is 0 Å². The van der Waals surface area contributed by atoms with Gasteiger partial charge < -0.3 is 28.7 Å². The summed E-state index contributed by atoms with van der Waals surface area (Å²) in [6, 6.07) is 32.9. The van der Waals surface area contributed by atoms with Crippen molar-refractivity contribution in [1.82, 2.24) is 0 Å². The SMILES string of the molecule is CCN(C)c1ccc(OCC(C)Oc2ccc(C(C)(C)c3ccc(OC(C)COc4ccc(N(C)C)cc4)cc3)cc2)cc1.II. The third kappa shape index (κ3) is 11.1. The summed E-state index contributed by atoms with van der Waals surface area (Å²) in [6.45, 7) is 12.6. The molecule has 0 heterocycles. The van der Waals surface area contributed by atoms with E-state index >= 15 is 0 Å². The number of anilines is 2. The zero-order chi connectivity index (χ0) is 33.7. The third-order valence-electron chi connectivity index (χ3n) is 7.90. The smallest absolute Gasteiger partial charge is 0.130 e. The molecule has 0 radical (unpaired) electrons. The highest BCUT2D eigenvalue weighted by atomic mass is 128. The molecule has 248 valence electrons. The van der Waals surface area contributed by atoms with E-state index in [-0.39, 0.29) is 17.6 Å². The molecule has 0 spiro atoms. The lowest BCUT2D eigenvalue weighted by molar-refractivity contribution is 0.143. The Balaban J connectivity index is 0.00000282. The Labute approximate surface area is 299 Å². The Bertz CT molecular complexity index is 1430. The summed E-state index contributed by atoms with van der Waals surface area (Å²) in [5.74, 6) is 3.33. The maximum Gasteiger partial charge on any atom is 0.130 e. The van der Waals surface area contributed by atoms with Gasteiger partial charge in [-0.05, 0) is 105 Å². The first-order valence-electron chi connectivity index (χ1n) is 15.6. The molecule has 6 nitrogen and oxygen atoms in total. The van der Waals surface area contributed by atoms with Crippen LogP contribution in [0.5, 0.6) is 23.0 Å². The second-order valence-corrected chi connectivity index (χ2v) is 12.0. The Hall–Kier alpha value is -2.86. The topological polar surface area (TPSA) is 43.4 Å². The standard InChI is InChI=1S/C38H48N2O4.I2/c1-9-40(8)33-16-24-35(25-17-33)42-27-29(3)44-37-20-12-31(13-21-37)38(4,5)30-10-18-36(19-11-30)43-28(2)26-41-34-22-14-32(15-23-34)39(6)7;1-2/h10-25,28-29H,9,26-27H2,1-8H3;. The maximum atomic E-state index is 6.14. The first-order chi connectivity index (χ1) is 22.0. The first kappa shape index (κ1) is 37.6. The van der Waals surface area contributed by atoms with Gasteiger partial charge in [-0.15, -0.1) is 0 Å². The number of rotatable bonds is 15. The molecule has 0 N–H and O–H groups in total. The monoisotopic (exact) mass is 850 g/mol. The summed E-state index contributed by atoms with van der Waals surface area (Å²) in [5.41, 5.74) is 4.55. The van der Waals surface area contributed by atoms with Crippen molar-refractivity contribution in [3.63, 3.8) is 0 Å². The van der Waals surface area contributed by atoms with E-state index in [1.807, 2.05) is 88.6 Å². The van der Waals surface area contributed by atoms with Crippen LogP contribution < -0.4 is 28.7 Å². The molecule has 4 aromatic carbocycles. The Morgan fingerprint density at radius 1 is 0.565 bits per heavy atom. The highest BCUT2D eigenvalue weighted by molar-refractivity contribution is 15.0. The van der Waals surface area contributed by atoms with E-state index < -0.39 is 0 Å². The van der Waals surface area contributed by atoms with Crippen molar-refractivity contribution in [2.75, 3.05) is 50.7 Å². The lowest BCUT2D eigenvalue weighted by Gasteiger charge is -2.27. The molecule has 0 aliphatic heterocycles. The highest BCUT2D eigenvalue weighted by Gasteiger charge is 2.23. The van der Waals surface area contributed by atoms with E-state index in [4.69, 9.17) is 18.9 Å². The number of hydrogen-bond donors (Lipinski definition) is 0. The summed E-state index contributed by atoms with van der Waals surface area (Å²) in [4.78, 5) is 4.26. The molecule has 0 aliphatic carbocycles. The molecule has 0 fully saturated rings. The molecule has 0 bridgehead atoms. The van der Waals surface area contributed by atoms with Crippen molar-refractivity contribution in [2.45, 2.75) is 52.2 Å². The molecule has 46 heavy (non-hydrogen) atoms. The number of ether oxygens (including phenoxy) is 4. The maximum absolute atomic E-state index is 6.14. The minimum absolute atomic E-state index is 0.0870. The predicted octanol–water partition coefficient (Wildman–Crippen LogP) is 10.00. The van der Waals surface area contributed by atoms with Gasteiger partial charge in [-0.2, -0.15) is 0 Å². The Morgan fingerprint density at radius 2 is 0.913 bits per heavy atom. The van der Waals surface area contributed by atoms with Crippen molar-refractivity contribution in [1.29, 1.82) is 0 Å². The van der Waals surface area contributed by atoms with E-state index in [0.717, 1.165) is 35.2 Å². The van der Waals surface area contributed by atoms with Gasteiger partial charge in [0.1, 0.15) is 48.4 Å². The second kappa shape index (κ2) is 18.5. The van der Waals surface area contributed by atoms with Gasteiger partial charge >= 0.3 is 0 Å². The van der Waals surface area contributed by atoms with Crippen molar-refractivity contribution in [2.24, 2.45) is 0 Å². The molecule has 0 saturated carbocycles. The average Bonchev–Trinajstić information content (AvgIpc) is 3.08. The lowest BCUT2D eigenvalue weighted by atomic mass is 9.78. The van der Waals surface area contributed by atoms with Gasteiger partial charge in [0.15, 0.2) is 0 Å². The van der Waals surface area contributed by atoms with Crippen molar-refractivity contribution in [3.8, 4) is 23.0 Å². The number of hydrogen-bond acceptors (Lipinski definition) is 6. The fourth-order valence-electron chi connectivity index (χ4n) is 4.85. The summed E-state index contributed by atoms with van der Waals surface area (Å²) >= 11 is 4.24. The van der Waals surface area contributed by atoms with Crippen molar-refractivity contribution >= 4 is 48.6 Å². The molecular formula is C38H48I2N2O4. The highest BCUT2D eigenvalue weighted by Crippen LogP contribution is 2.33. The molecule has 4 aromatic rings. The summed E-state index contributed by atoms with van der Waals surface area (Å²) in [6.07, 6.45) is -0.174. The van der Waals surface area contributed by atoms with Gasteiger partial charge in [-0.3, -0.25) is 0 Å². The fraction of sp³-hybridized carbons (Fsp3) is 0.368. The zero-order valence-electron chi connectivity index (χ0n) is 28.3. The second-order valence-electron chi connectivity index (χ2n) is 12.0. The molecule has 0 amide bonds. The molecule has 4 rings (SSSR count). The normalized spacial score (nSPS) is 12.2. The summed E-state index contributed by atoms with van der Waals surface area (Å²) < 4.78 is 24.2. The number of benzene rings is 4. The van der Waals surface area contributed by atoms with Crippen molar-refractivity contribution < 1.29 is 18.9 Å². The Kier molecular flexibility index (Phi) is 15.1. The number of nitrogens with zero attached hydrogens (tertiary/aromatic N) is 2. The first-order valence-corrected chi connectivity index (χ1v) is 21.9. The van der Waals surface area contributed by atoms with Crippen LogP contribution in [0, 0.1) is 0 Å². The lowest BCUT2D eigenvalue weighted by Crippen LogP contribution is -2.22. The van der Waals surface area contributed by atoms with Crippen LogP contribution in [0.25, 0.3) is 0 Å². The minimum atomic E-state index is -0.183. The van der Waals surface area contributed by atoms with E-state index in [0.29, 0.717) is 13.2 Å². The van der Waals surface area contributed by atoms with Crippen LogP contribution in [0.2, 0.25) is 0 Å². The Morgan fingerprint density at radius 3 is 1.26 bits per heavy atom. The molecule has 8 heteroatoms. The van der Waals surface area contributed by atoms with Crippen LogP contribution in [0.1, 0.15) is 45.7 Å². The summed E-state index contributed by atoms with van der Waals surface area (Å²) in [7, 11) is 6.13. The van der Waals surface area contributed by atoms with E-state index in [1.54, 1.807) is 0 Å². The van der Waals surface area contributed by atoms with Crippen LogP contribution in [-0.4, -0.2) is 53.1 Å². The van der Waals surface area contributed by atoms with Crippen LogP contribution >= 0.6 is 37.2 Å². The third-order valence-corrected chi connectivity index (χ3v) is 7.90. The summed E-state index contributed by atoms with van der Waals surface area (Å²) in [5, 5.41) is 0. The fourth-order valence-corrected chi connectivity index (χ4v) is 4.85. The molecular weight excluding hydrogens is 802 g/mol. The van der Waals surface area contributed by atoms with E-state index in [1.165, 1.54) is 16.8 Å². The van der Waals surface area contributed by atoms with Gasteiger partial charge in [-0.25, -0.2) is 0 Å². The van der Waals surface area contributed by atoms with Gasteiger partial charge in [0, 0.05) is 81.7 Å². The van der Waals surface area contributed by atoms with Gasteiger partial charge in [0.2, 0.25) is 0 Å². The largest absolute Gasteiger partial charge is 0.490 e. The predicted molar refractivity (Wildman–Crippen MR) is 210 cm³/mol. The van der Waals surface area contributed by atoms with E-state index in [2.05, 4.69) is 111 Å². The molecule has 2 atom stereocenters. The van der Waals surface area contributed by atoms with Crippen LogP contribution in [0.15, 0.2) is 97.1 Å². The van der Waals surface area contributed by atoms with Crippen molar-refractivity contribution in [3.05, 3.63) is 108 Å².